The van der Waals surface area contributed by atoms with Gasteiger partial charge in [-0.2, -0.15) is 0 Å². The number of anilines is 1. The Kier molecular flexibility index (Phi) is 4.19. The molecule has 0 aliphatic carbocycles. The molecule has 0 bridgehead atoms. The van der Waals surface area contributed by atoms with Gasteiger partial charge in [0, 0.05) is 19.0 Å². The van der Waals surface area contributed by atoms with Gasteiger partial charge in [-0.3, -0.25) is 0 Å². The molecule has 2 nitrogen and oxygen atoms in total. The van der Waals surface area contributed by atoms with Crippen LogP contribution in [0, 0.1) is 5.92 Å². The molecule has 74 valence electrons. The molecule has 0 aliphatic heterocycles. The number of hydrogen-bond acceptors (Lipinski definition) is 3. The zero-order chi connectivity index (χ0) is 9.84. The zero-order valence-electron chi connectivity index (χ0n) is 8.25. The first-order valence-electron chi connectivity index (χ1n) is 4.41. The van der Waals surface area contributed by atoms with Crippen LogP contribution in [-0.2, 0) is 0 Å². The van der Waals surface area contributed by atoms with Crippen molar-refractivity contribution in [3.05, 3.63) is 9.98 Å². The van der Waals surface area contributed by atoms with Crippen molar-refractivity contribution in [3.8, 4) is 0 Å². The molecule has 4 heteroatoms. The smallest absolute Gasteiger partial charge is 0.186 e. The van der Waals surface area contributed by atoms with E-state index in [1.165, 1.54) is 6.42 Å². The summed E-state index contributed by atoms with van der Waals surface area (Å²) in [6.45, 7) is 5.56. The van der Waals surface area contributed by atoms with Crippen LogP contribution in [0.25, 0.3) is 0 Å². The van der Waals surface area contributed by atoms with Gasteiger partial charge in [0.25, 0.3) is 0 Å². The minimum atomic E-state index is 0.755. The Morgan fingerprint density at radius 2 is 2.31 bits per heavy atom. The van der Waals surface area contributed by atoms with Gasteiger partial charge in [-0.25, -0.2) is 4.98 Å². The second-order valence-electron chi connectivity index (χ2n) is 3.56. The quantitative estimate of drug-likeness (QED) is 0.827. The highest BCUT2D eigenvalue weighted by atomic mass is 79.9. The molecule has 1 rings (SSSR count). The fraction of sp³-hybridized carbons (Fsp3) is 0.667. The third-order valence-electron chi connectivity index (χ3n) is 1.83. The van der Waals surface area contributed by atoms with Crippen LogP contribution >= 0.6 is 27.3 Å². The molecule has 0 amide bonds. The molecule has 0 saturated heterocycles. The third-order valence-corrected chi connectivity index (χ3v) is 3.50. The summed E-state index contributed by atoms with van der Waals surface area (Å²) in [6.07, 6.45) is 1.22. The highest BCUT2D eigenvalue weighted by Gasteiger charge is 2.05. The maximum atomic E-state index is 4.35. The molecule has 0 spiro atoms. The zero-order valence-corrected chi connectivity index (χ0v) is 10.7. The Labute approximate surface area is 92.1 Å². The Hall–Kier alpha value is -0.0900. The molecule has 0 atom stereocenters. The van der Waals surface area contributed by atoms with E-state index >= 15 is 0 Å². The van der Waals surface area contributed by atoms with Crippen molar-refractivity contribution in [3.63, 3.8) is 0 Å². The molecule has 0 aromatic carbocycles. The van der Waals surface area contributed by atoms with E-state index < -0.39 is 0 Å². The van der Waals surface area contributed by atoms with Gasteiger partial charge < -0.3 is 4.90 Å². The summed E-state index contributed by atoms with van der Waals surface area (Å²) in [6, 6.07) is 0. The van der Waals surface area contributed by atoms with E-state index in [4.69, 9.17) is 0 Å². The van der Waals surface area contributed by atoms with Gasteiger partial charge in [0.1, 0.15) is 4.60 Å². The molecule has 13 heavy (non-hydrogen) atoms. The molecular formula is C9H15BrN2S. The number of nitrogens with zero attached hydrogens (tertiary/aromatic N) is 2. The van der Waals surface area contributed by atoms with Crippen molar-refractivity contribution >= 4 is 32.4 Å². The number of rotatable bonds is 4. The first kappa shape index (κ1) is 11.0. The van der Waals surface area contributed by atoms with Gasteiger partial charge in [0.05, 0.1) is 0 Å². The lowest BCUT2D eigenvalue weighted by atomic mass is 10.1. The number of thiazole rings is 1. The summed E-state index contributed by atoms with van der Waals surface area (Å²) < 4.78 is 0.934. The molecular weight excluding hydrogens is 248 g/mol. The second-order valence-corrected chi connectivity index (χ2v) is 5.21. The van der Waals surface area contributed by atoms with E-state index in [2.05, 4.69) is 46.7 Å². The summed E-state index contributed by atoms with van der Waals surface area (Å²) in [5.41, 5.74) is 0. The number of halogens is 1. The molecule has 1 heterocycles. The molecule has 1 aromatic rings. The van der Waals surface area contributed by atoms with Crippen molar-refractivity contribution in [1.29, 1.82) is 0 Å². The monoisotopic (exact) mass is 262 g/mol. The van der Waals surface area contributed by atoms with Crippen molar-refractivity contribution in [2.24, 2.45) is 5.92 Å². The Morgan fingerprint density at radius 1 is 1.62 bits per heavy atom. The van der Waals surface area contributed by atoms with E-state index in [0.717, 1.165) is 22.2 Å². The maximum absolute atomic E-state index is 4.35. The summed E-state index contributed by atoms with van der Waals surface area (Å²) in [5, 5.41) is 3.11. The topological polar surface area (TPSA) is 16.1 Å². The lowest BCUT2D eigenvalue weighted by Crippen LogP contribution is -2.19. The van der Waals surface area contributed by atoms with Crippen LogP contribution < -0.4 is 4.90 Å². The fourth-order valence-corrected chi connectivity index (χ4v) is 2.21. The average molecular weight is 263 g/mol. The molecule has 0 unspecified atom stereocenters. The van der Waals surface area contributed by atoms with Crippen LogP contribution in [0.2, 0.25) is 0 Å². The summed E-state index contributed by atoms with van der Waals surface area (Å²) >= 11 is 5.03. The fourth-order valence-electron chi connectivity index (χ4n) is 0.968. The van der Waals surface area contributed by atoms with Crippen LogP contribution in [-0.4, -0.2) is 18.6 Å². The average Bonchev–Trinajstić information content (AvgIpc) is 2.47. The van der Waals surface area contributed by atoms with Crippen LogP contribution in [0.4, 0.5) is 5.13 Å². The van der Waals surface area contributed by atoms with E-state index in [1.54, 1.807) is 11.3 Å². The van der Waals surface area contributed by atoms with Gasteiger partial charge in [-0.05, 0) is 28.3 Å². The lowest BCUT2D eigenvalue weighted by molar-refractivity contribution is 0.585. The standard InChI is InChI=1S/C9H15BrN2S/c1-7(2)4-5-12(3)9-11-8(10)6-13-9/h6-7H,4-5H2,1-3H3. The van der Waals surface area contributed by atoms with Crippen molar-refractivity contribution in [2.45, 2.75) is 20.3 Å². The van der Waals surface area contributed by atoms with E-state index in [-0.39, 0.29) is 0 Å². The third kappa shape index (κ3) is 3.65. The van der Waals surface area contributed by atoms with Crippen molar-refractivity contribution < 1.29 is 0 Å². The lowest BCUT2D eigenvalue weighted by Gasteiger charge is -2.16. The van der Waals surface area contributed by atoms with Gasteiger partial charge in [0.2, 0.25) is 0 Å². The molecule has 0 radical (unpaired) electrons. The normalized spacial score (nSPS) is 10.8. The van der Waals surface area contributed by atoms with Crippen LogP contribution in [0.1, 0.15) is 20.3 Å². The van der Waals surface area contributed by atoms with E-state index in [0.29, 0.717) is 0 Å². The minimum Gasteiger partial charge on any atom is -0.351 e. The van der Waals surface area contributed by atoms with Crippen LogP contribution in [0.3, 0.4) is 0 Å². The van der Waals surface area contributed by atoms with Crippen molar-refractivity contribution in [1.82, 2.24) is 4.98 Å². The highest BCUT2D eigenvalue weighted by molar-refractivity contribution is 9.10. The first-order chi connectivity index (χ1) is 6.09. The summed E-state index contributed by atoms with van der Waals surface area (Å²) in [5.74, 6) is 0.755. The predicted molar refractivity (Wildman–Crippen MR) is 62.5 cm³/mol. The SMILES string of the molecule is CC(C)CCN(C)c1nc(Br)cs1. The largest absolute Gasteiger partial charge is 0.351 e. The van der Waals surface area contributed by atoms with Gasteiger partial charge in [-0.15, -0.1) is 11.3 Å². The van der Waals surface area contributed by atoms with Gasteiger partial charge in [0.15, 0.2) is 5.13 Å². The van der Waals surface area contributed by atoms with E-state index in [1.807, 2.05) is 5.38 Å². The van der Waals surface area contributed by atoms with Crippen LogP contribution in [0.5, 0.6) is 0 Å². The first-order valence-corrected chi connectivity index (χ1v) is 6.09. The molecule has 0 saturated carbocycles. The minimum absolute atomic E-state index is 0.755. The Bertz CT molecular complexity index is 260. The predicted octanol–water partition coefficient (Wildman–Crippen LogP) is 3.39. The summed E-state index contributed by atoms with van der Waals surface area (Å²) in [4.78, 5) is 6.55. The van der Waals surface area contributed by atoms with Crippen molar-refractivity contribution in [2.75, 3.05) is 18.5 Å². The number of hydrogen-bond donors (Lipinski definition) is 0. The Morgan fingerprint density at radius 3 is 2.77 bits per heavy atom. The van der Waals surface area contributed by atoms with E-state index in [9.17, 15) is 0 Å². The Balaban J connectivity index is 2.44. The summed E-state index contributed by atoms with van der Waals surface area (Å²) in [7, 11) is 2.09. The maximum Gasteiger partial charge on any atom is 0.186 e. The van der Waals surface area contributed by atoms with Crippen LogP contribution in [0.15, 0.2) is 9.98 Å². The molecule has 0 fully saturated rings. The van der Waals surface area contributed by atoms with Gasteiger partial charge >= 0.3 is 0 Å². The second kappa shape index (κ2) is 4.96. The molecule has 0 N–H and O–H groups in total. The van der Waals surface area contributed by atoms with Gasteiger partial charge in [-0.1, -0.05) is 13.8 Å². The number of aromatic nitrogens is 1. The highest BCUT2D eigenvalue weighted by Crippen LogP contribution is 2.22. The molecule has 0 aliphatic rings. The molecule has 1 aromatic heterocycles.